The first-order chi connectivity index (χ1) is 8.96. The van der Waals surface area contributed by atoms with Gasteiger partial charge in [0.05, 0.1) is 11.3 Å². The molecule has 0 radical (unpaired) electrons. The van der Waals surface area contributed by atoms with Crippen LogP contribution in [0.1, 0.15) is 5.89 Å². The Kier molecular flexibility index (Phi) is 4.18. The second-order valence-corrected chi connectivity index (χ2v) is 6.15. The van der Waals surface area contributed by atoms with Gasteiger partial charge >= 0.3 is 0 Å². The second kappa shape index (κ2) is 5.68. The lowest BCUT2D eigenvalue weighted by molar-refractivity contribution is 0.379. The van der Waals surface area contributed by atoms with Crippen LogP contribution >= 0.6 is 11.6 Å². The van der Waals surface area contributed by atoms with Gasteiger partial charge in [-0.25, -0.2) is 13.1 Å². The molecule has 0 aliphatic rings. The molecule has 2 rings (SSSR count). The summed E-state index contributed by atoms with van der Waals surface area (Å²) < 4.78 is 29.2. The van der Waals surface area contributed by atoms with E-state index in [1.807, 2.05) is 12.1 Å². The van der Waals surface area contributed by atoms with E-state index in [4.69, 9.17) is 16.1 Å². The highest BCUT2D eigenvalue weighted by Gasteiger charge is 2.11. The van der Waals surface area contributed by atoms with Gasteiger partial charge in [-0.2, -0.15) is 4.98 Å². The molecule has 0 bridgehead atoms. The van der Waals surface area contributed by atoms with E-state index in [-0.39, 0.29) is 6.54 Å². The van der Waals surface area contributed by atoms with E-state index in [0.717, 1.165) is 6.26 Å². The maximum Gasteiger partial charge on any atom is 0.228 e. The largest absolute Gasteiger partial charge is 0.339 e. The van der Waals surface area contributed by atoms with Crippen molar-refractivity contribution in [2.75, 3.05) is 12.8 Å². The van der Waals surface area contributed by atoms with Gasteiger partial charge < -0.3 is 4.52 Å². The molecule has 0 atom stereocenters. The molecule has 0 spiro atoms. The molecule has 8 heteroatoms. The van der Waals surface area contributed by atoms with Gasteiger partial charge in [-0.3, -0.25) is 0 Å². The third kappa shape index (κ3) is 4.02. The van der Waals surface area contributed by atoms with Gasteiger partial charge in [0, 0.05) is 18.5 Å². The molecule has 1 aromatic heterocycles. The number of halogens is 1. The highest BCUT2D eigenvalue weighted by atomic mass is 35.5. The zero-order chi connectivity index (χ0) is 13.9. The molecule has 1 heterocycles. The van der Waals surface area contributed by atoms with E-state index >= 15 is 0 Å². The van der Waals surface area contributed by atoms with E-state index in [0.29, 0.717) is 28.7 Å². The molecule has 0 aliphatic heterocycles. The van der Waals surface area contributed by atoms with E-state index in [1.54, 1.807) is 12.1 Å². The summed E-state index contributed by atoms with van der Waals surface area (Å²) in [5.74, 6) is 0.742. The number of benzene rings is 1. The van der Waals surface area contributed by atoms with Crippen molar-refractivity contribution >= 4 is 21.6 Å². The Balaban J connectivity index is 2.06. The quantitative estimate of drug-likeness (QED) is 0.904. The maximum atomic E-state index is 10.9. The average Bonchev–Trinajstić information content (AvgIpc) is 2.76. The van der Waals surface area contributed by atoms with Gasteiger partial charge in [-0.05, 0) is 12.1 Å². The lowest BCUT2D eigenvalue weighted by atomic mass is 10.2. The van der Waals surface area contributed by atoms with Gasteiger partial charge in [0.25, 0.3) is 0 Å². The normalized spacial score (nSPS) is 11.7. The molecule has 0 saturated carbocycles. The van der Waals surface area contributed by atoms with Gasteiger partial charge in [0.1, 0.15) is 0 Å². The van der Waals surface area contributed by atoms with Crippen LogP contribution in [-0.4, -0.2) is 31.4 Å². The smallest absolute Gasteiger partial charge is 0.228 e. The first-order valence-corrected chi connectivity index (χ1v) is 7.75. The topological polar surface area (TPSA) is 85.1 Å². The first kappa shape index (κ1) is 14.0. The summed E-state index contributed by atoms with van der Waals surface area (Å²) in [6.45, 7) is 0.211. The molecule has 0 fully saturated rings. The molecule has 6 nitrogen and oxygen atoms in total. The minimum atomic E-state index is -3.21. The highest BCUT2D eigenvalue weighted by molar-refractivity contribution is 7.88. The third-order valence-electron chi connectivity index (χ3n) is 2.29. The van der Waals surface area contributed by atoms with Crippen molar-refractivity contribution < 1.29 is 12.9 Å². The van der Waals surface area contributed by atoms with E-state index in [9.17, 15) is 8.42 Å². The second-order valence-electron chi connectivity index (χ2n) is 3.91. The summed E-state index contributed by atoms with van der Waals surface area (Å²) in [4.78, 5) is 4.16. The van der Waals surface area contributed by atoms with E-state index < -0.39 is 10.0 Å². The molecule has 1 aromatic carbocycles. The predicted molar refractivity (Wildman–Crippen MR) is 71.3 cm³/mol. The molecule has 0 aliphatic carbocycles. The minimum Gasteiger partial charge on any atom is -0.339 e. The Morgan fingerprint density at radius 3 is 2.79 bits per heavy atom. The summed E-state index contributed by atoms with van der Waals surface area (Å²) >= 11 is 6.02. The fourth-order valence-corrected chi connectivity index (χ4v) is 2.14. The van der Waals surface area contributed by atoms with Crippen molar-refractivity contribution in [3.63, 3.8) is 0 Å². The van der Waals surface area contributed by atoms with Gasteiger partial charge in [-0.1, -0.05) is 28.9 Å². The molecule has 0 unspecified atom stereocenters. The van der Waals surface area contributed by atoms with Crippen LogP contribution in [0, 0.1) is 0 Å². The average molecular weight is 302 g/mol. The predicted octanol–water partition coefficient (Wildman–Crippen LogP) is 1.48. The third-order valence-corrected chi connectivity index (χ3v) is 3.34. The Hall–Kier alpha value is -1.44. The SMILES string of the molecule is CS(=O)(=O)NCCc1nc(-c2ccccc2Cl)no1. The molecule has 0 saturated heterocycles. The van der Waals surface area contributed by atoms with Gasteiger partial charge in [-0.15, -0.1) is 0 Å². The number of hydrogen-bond acceptors (Lipinski definition) is 5. The van der Waals surface area contributed by atoms with Crippen LogP contribution in [0.3, 0.4) is 0 Å². The molecular weight excluding hydrogens is 290 g/mol. The summed E-state index contributed by atoms with van der Waals surface area (Å²) in [6, 6.07) is 7.15. The van der Waals surface area contributed by atoms with Crippen molar-refractivity contribution in [3.05, 3.63) is 35.2 Å². The zero-order valence-electron chi connectivity index (χ0n) is 10.1. The number of aromatic nitrogens is 2. The summed E-state index contributed by atoms with van der Waals surface area (Å²) in [5.41, 5.74) is 0.676. The lowest BCUT2D eigenvalue weighted by Gasteiger charge is -1.98. The molecule has 102 valence electrons. The Labute approximate surface area is 115 Å². The summed E-state index contributed by atoms with van der Waals surface area (Å²) in [7, 11) is -3.21. The Bertz CT molecular complexity index is 669. The molecule has 1 N–H and O–H groups in total. The first-order valence-electron chi connectivity index (χ1n) is 5.48. The Morgan fingerprint density at radius 1 is 1.37 bits per heavy atom. The molecule has 2 aromatic rings. The molecular formula is C11H12ClN3O3S. The number of sulfonamides is 1. The Morgan fingerprint density at radius 2 is 2.11 bits per heavy atom. The fourth-order valence-electron chi connectivity index (χ4n) is 1.45. The maximum absolute atomic E-state index is 10.9. The van der Waals surface area contributed by atoms with Crippen LogP contribution in [0.2, 0.25) is 5.02 Å². The monoisotopic (exact) mass is 301 g/mol. The van der Waals surface area contributed by atoms with Crippen LogP contribution in [0.25, 0.3) is 11.4 Å². The molecule has 19 heavy (non-hydrogen) atoms. The van der Waals surface area contributed by atoms with Crippen molar-refractivity contribution in [1.82, 2.24) is 14.9 Å². The summed E-state index contributed by atoms with van der Waals surface area (Å²) in [5, 5.41) is 4.35. The van der Waals surface area contributed by atoms with Crippen LogP contribution in [-0.2, 0) is 16.4 Å². The van der Waals surface area contributed by atoms with Crippen LogP contribution in [0.15, 0.2) is 28.8 Å². The fraction of sp³-hybridized carbons (Fsp3) is 0.273. The number of nitrogens with one attached hydrogen (secondary N) is 1. The number of hydrogen-bond donors (Lipinski definition) is 1. The van der Waals surface area contributed by atoms with Crippen LogP contribution in [0.4, 0.5) is 0 Å². The van der Waals surface area contributed by atoms with Crippen molar-refractivity contribution in [1.29, 1.82) is 0 Å². The van der Waals surface area contributed by atoms with E-state index in [2.05, 4.69) is 14.9 Å². The van der Waals surface area contributed by atoms with Gasteiger partial charge in [0.15, 0.2) is 0 Å². The van der Waals surface area contributed by atoms with Crippen LogP contribution in [0.5, 0.6) is 0 Å². The zero-order valence-corrected chi connectivity index (χ0v) is 11.7. The number of rotatable bonds is 5. The van der Waals surface area contributed by atoms with Gasteiger partial charge in [0.2, 0.25) is 21.7 Å². The highest BCUT2D eigenvalue weighted by Crippen LogP contribution is 2.24. The van der Waals surface area contributed by atoms with Crippen LogP contribution < -0.4 is 4.72 Å². The van der Waals surface area contributed by atoms with E-state index in [1.165, 1.54) is 0 Å². The van der Waals surface area contributed by atoms with Crippen molar-refractivity contribution in [3.8, 4) is 11.4 Å². The lowest BCUT2D eigenvalue weighted by Crippen LogP contribution is -2.24. The standard InChI is InChI=1S/C11H12ClN3O3S/c1-19(16,17)13-7-6-10-14-11(15-18-10)8-4-2-3-5-9(8)12/h2-5,13H,6-7H2,1H3. The molecule has 0 amide bonds. The van der Waals surface area contributed by atoms with Crippen molar-refractivity contribution in [2.24, 2.45) is 0 Å². The van der Waals surface area contributed by atoms with Crippen molar-refractivity contribution in [2.45, 2.75) is 6.42 Å². The summed E-state index contributed by atoms with van der Waals surface area (Å²) in [6.07, 6.45) is 1.42. The number of nitrogens with zero attached hydrogens (tertiary/aromatic N) is 2. The minimum absolute atomic E-state index is 0.211.